The normalized spacial score (nSPS) is 11.1. The van der Waals surface area contributed by atoms with E-state index in [1.165, 1.54) is 27.6 Å². The fraction of sp³-hybridized carbons (Fsp3) is 0.167. The Morgan fingerprint density at radius 3 is 2.52 bits per heavy atom. The Morgan fingerprint density at radius 1 is 1.22 bits per heavy atom. The minimum absolute atomic E-state index is 0.00739. The van der Waals surface area contributed by atoms with Crippen molar-refractivity contribution >= 4 is 28.9 Å². The number of hydrogen-bond donors (Lipinski definition) is 1. The average Bonchev–Trinajstić information content (AvgIpc) is 2.92. The average molecular weight is 367 g/mol. The third-order valence-electron chi connectivity index (χ3n) is 3.88. The van der Waals surface area contributed by atoms with Crippen LogP contribution < -0.4 is 5.62 Å². The number of para-hydroxylation sites is 2. The van der Waals surface area contributed by atoms with Crippen molar-refractivity contribution in [1.29, 1.82) is 5.41 Å². The lowest BCUT2D eigenvalue weighted by molar-refractivity contribution is -0.384. The number of non-ortho nitro benzene ring substituents is 1. The number of nitro groups is 1. The number of nitro benzene ring substituents is 1. The van der Waals surface area contributed by atoms with Gasteiger partial charge in [0.15, 0.2) is 0 Å². The molecule has 0 radical (unpaired) electrons. The Morgan fingerprint density at radius 2 is 1.89 bits per heavy atom. The van der Waals surface area contributed by atoms with Crippen molar-refractivity contribution in [3.8, 4) is 0 Å². The zero-order chi connectivity index (χ0) is 19.4. The molecular formula is C18H17N5O4. The van der Waals surface area contributed by atoms with E-state index in [2.05, 4.69) is 5.10 Å². The molecule has 0 aliphatic rings. The number of rotatable bonds is 6. The van der Waals surface area contributed by atoms with Crippen LogP contribution in [0.4, 0.5) is 5.69 Å². The van der Waals surface area contributed by atoms with Gasteiger partial charge in [-0.1, -0.05) is 12.1 Å². The van der Waals surface area contributed by atoms with Crippen LogP contribution in [0.15, 0.2) is 53.6 Å². The number of imidazole rings is 1. The van der Waals surface area contributed by atoms with Crippen LogP contribution in [0.1, 0.15) is 12.5 Å². The molecule has 0 aliphatic heterocycles. The van der Waals surface area contributed by atoms with E-state index in [0.29, 0.717) is 16.6 Å². The molecule has 0 saturated heterocycles. The highest BCUT2D eigenvalue weighted by Crippen LogP contribution is 2.14. The van der Waals surface area contributed by atoms with Crippen LogP contribution in [-0.2, 0) is 16.1 Å². The molecule has 138 valence electrons. The number of carbonyl (C=O) groups excluding carboxylic acids is 1. The van der Waals surface area contributed by atoms with E-state index in [9.17, 15) is 14.9 Å². The van der Waals surface area contributed by atoms with Crippen molar-refractivity contribution in [3.63, 3.8) is 0 Å². The molecule has 0 saturated carbocycles. The second kappa shape index (κ2) is 7.65. The van der Waals surface area contributed by atoms with E-state index in [1.54, 1.807) is 31.2 Å². The maximum absolute atomic E-state index is 11.9. The molecule has 9 heteroatoms. The molecule has 0 amide bonds. The quantitative estimate of drug-likeness (QED) is 0.311. The third kappa shape index (κ3) is 3.76. The van der Waals surface area contributed by atoms with Crippen LogP contribution >= 0.6 is 0 Å². The maximum atomic E-state index is 11.9. The van der Waals surface area contributed by atoms with Gasteiger partial charge in [-0.05, 0) is 36.8 Å². The number of carbonyl (C=O) groups is 1. The molecule has 3 rings (SSSR count). The van der Waals surface area contributed by atoms with Crippen LogP contribution in [0.2, 0.25) is 0 Å². The SMILES string of the molecule is CCOC(=O)Cn1c(=N)n(/N=C\c2ccc([N+](=O)[O-])cc2)c2ccccc21. The first kappa shape index (κ1) is 18.1. The van der Waals surface area contributed by atoms with E-state index in [1.807, 2.05) is 12.1 Å². The van der Waals surface area contributed by atoms with Crippen LogP contribution in [0, 0.1) is 15.5 Å². The van der Waals surface area contributed by atoms with Crippen molar-refractivity contribution in [2.75, 3.05) is 6.61 Å². The fourth-order valence-electron chi connectivity index (χ4n) is 2.63. The molecule has 1 heterocycles. The fourth-order valence-corrected chi connectivity index (χ4v) is 2.63. The molecule has 0 bridgehead atoms. The Hall–Kier alpha value is -3.75. The van der Waals surface area contributed by atoms with E-state index >= 15 is 0 Å². The number of fused-ring (bicyclic) bond motifs is 1. The molecule has 0 atom stereocenters. The highest BCUT2D eigenvalue weighted by Gasteiger charge is 2.13. The summed E-state index contributed by atoms with van der Waals surface area (Å²) < 4.78 is 7.89. The molecule has 27 heavy (non-hydrogen) atoms. The van der Waals surface area contributed by atoms with E-state index in [4.69, 9.17) is 10.1 Å². The molecule has 3 aromatic rings. The summed E-state index contributed by atoms with van der Waals surface area (Å²) in [6.45, 7) is 1.90. The molecule has 0 unspecified atom stereocenters. The summed E-state index contributed by atoms with van der Waals surface area (Å²) in [5, 5.41) is 23.4. The minimum Gasteiger partial charge on any atom is -0.465 e. The molecule has 0 fully saturated rings. The molecular weight excluding hydrogens is 350 g/mol. The van der Waals surface area contributed by atoms with E-state index in [0.717, 1.165) is 0 Å². The van der Waals surface area contributed by atoms with Gasteiger partial charge in [0, 0.05) is 12.1 Å². The Labute approximate surface area is 153 Å². The van der Waals surface area contributed by atoms with Gasteiger partial charge in [0.05, 0.1) is 28.8 Å². The van der Waals surface area contributed by atoms with Crippen molar-refractivity contribution in [1.82, 2.24) is 9.24 Å². The van der Waals surface area contributed by atoms with Crippen LogP contribution in [0.5, 0.6) is 0 Å². The van der Waals surface area contributed by atoms with Crippen LogP contribution in [0.3, 0.4) is 0 Å². The first-order chi connectivity index (χ1) is 13.0. The molecule has 1 N–H and O–H groups in total. The summed E-state index contributed by atoms with van der Waals surface area (Å²) in [6, 6.07) is 13.1. The predicted octanol–water partition coefficient (Wildman–Crippen LogP) is 2.28. The number of benzene rings is 2. The lowest BCUT2D eigenvalue weighted by atomic mass is 10.2. The largest absolute Gasteiger partial charge is 0.465 e. The minimum atomic E-state index is -0.472. The van der Waals surface area contributed by atoms with Gasteiger partial charge in [-0.25, -0.2) is 0 Å². The summed E-state index contributed by atoms with van der Waals surface area (Å²) in [5.74, 6) is -0.432. The molecule has 0 spiro atoms. The summed E-state index contributed by atoms with van der Waals surface area (Å²) in [7, 11) is 0. The summed E-state index contributed by atoms with van der Waals surface area (Å²) in [6.07, 6.45) is 1.50. The van der Waals surface area contributed by atoms with E-state index < -0.39 is 10.9 Å². The van der Waals surface area contributed by atoms with Gasteiger partial charge in [0.25, 0.3) is 5.69 Å². The number of nitrogens with zero attached hydrogens (tertiary/aromatic N) is 4. The van der Waals surface area contributed by atoms with Gasteiger partial charge in [-0.2, -0.15) is 9.78 Å². The molecule has 0 aliphatic carbocycles. The molecule has 2 aromatic carbocycles. The number of hydrogen-bond acceptors (Lipinski definition) is 6. The topological polar surface area (TPSA) is 116 Å². The second-order valence-electron chi connectivity index (χ2n) is 5.61. The number of esters is 1. The van der Waals surface area contributed by atoms with Crippen molar-refractivity contribution < 1.29 is 14.5 Å². The molecule has 9 nitrogen and oxygen atoms in total. The van der Waals surface area contributed by atoms with E-state index in [-0.39, 0.29) is 24.5 Å². The van der Waals surface area contributed by atoms with Gasteiger partial charge < -0.3 is 4.74 Å². The zero-order valence-electron chi connectivity index (χ0n) is 14.5. The summed E-state index contributed by atoms with van der Waals surface area (Å²) in [5.41, 5.74) is 1.99. The number of ether oxygens (including phenoxy) is 1. The zero-order valence-corrected chi connectivity index (χ0v) is 14.5. The van der Waals surface area contributed by atoms with Gasteiger partial charge >= 0.3 is 5.97 Å². The van der Waals surface area contributed by atoms with Crippen molar-refractivity contribution in [2.24, 2.45) is 5.10 Å². The third-order valence-corrected chi connectivity index (χ3v) is 3.88. The first-order valence-corrected chi connectivity index (χ1v) is 8.20. The maximum Gasteiger partial charge on any atom is 0.326 e. The summed E-state index contributed by atoms with van der Waals surface area (Å²) >= 11 is 0. The highest BCUT2D eigenvalue weighted by atomic mass is 16.6. The standard InChI is InChI=1S/C18H17N5O4/c1-2-27-17(24)12-21-15-5-3-4-6-16(15)22(18(21)19)20-11-13-7-9-14(10-8-13)23(25)26/h3-11,19H,2,12H2,1H3/b19-18?,20-11-. The Balaban J connectivity index is 1.99. The smallest absolute Gasteiger partial charge is 0.326 e. The predicted molar refractivity (Wildman–Crippen MR) is 98.5 cm³/mol. The summed E-state index contributed by atoms with van der Waals surface area (Å²) in [4.78, 5) is 22.1. The van der Waals surface area contributed by atoms with Gasteiger partial charge in [0.2, 0.25) is 5.62 Å². The van der Waals surface area contributed by atoms with Crippen molar-refractivity contribution in [2.45, 2.75) is 13.5 Å². The lowest BCUT2D eigenvalue weighted by Crippen LogP contribution is -2.26. The van der Waals surface area contributed by atoms with Gasteiger partial charge in [0.1, 0.15) is 6.54 Å². The number of aromatic nitrogens is 2. The highest BCUT2D eigenvalue weighted by molar-refractivity contribution is 5.82. The van der Waals surface area contributed by atoms with Crippen molar-refractivity contribution in [3.05, 3.63) is 69.8 Å². The molecule has 1 aromatic heterocycles. The first-order valence-electron chi connectivity index (χ1n) is 8.20. The van der Waals surface area contributed by atoms with Gasteiger partial charge in [-0.3, -0.25) is 24.9 Å². The van der Waals surface area contributed by atoms with Gasteiger partial charge in [-0.15, -0.1) is 0 Å². The van der Waals surface area contributed by atoms with Crippen LogP contribution in [-0.4, -0.2) is 33.0 Å². The lowest BCUT2D eigenvalue weighted by Gasteiger charge is -2.03. The monoisotopic (exact) mass is 367 g/mol. The Kier molecular flexibility index (Phi) is 5.11. The van der Waals surface area contributed by atoms with Crippen LogP contribution in [0.25, 0.3) is 11.0 Å². The second-order valence-corrected chi connectivity index (χ2v) is 5.61. The Bertz CT molecular complexity index is 1080. The number of nitrogens with one attached hydrogen (secondary N) is 1.